The number of ketones is 1. The summed E-state index contributed by atoms with van der Waals surface area (Å²) in [7, 11) is 4.17. The molecule has 0 aliphatic heterocycles. The third-order valence-electron chi connectivity index (χ3n) is 8.66. The minimum Gasteiger partial charge on any atom is -1.00 e. The fraction of sp³-hybridized carbons (Fsp3) is 0.382. The van der Waals surface area contributed by atoms with E-state index in [0.29, 0.717) is 39.3 Å². The van der Waals surface area contributed by atoms with Crippen molar-refractivity contribution in [3.8, 4) is 0 Å². The largest absolute Gasteiger partial charge is 1.00 e. The Morgan fingerprint density at radius 2 is 1.59 bits per heavy atom. The zero-order chi connectivity index (χ0) is 28.6. The van der Waals surface area contributed by atoms with Gasteiger partial charge >= 0.3 is 0 Å². The summed E-state index contributed by atoms with van der Waals surface area (Å²) in [5.74, 6) is -2.26. The van der Waals surface area contributed by atoms with Crippen LogP contribution in [0.3, 0.4) is 0 Å². The SMILES string of the molecule is CC(C)c1c(C(=O)CCc2ccc(F)c(F)c2)c2cc(F)c([N+](C)(C)C3CCCC3)cc2n1Cc1ccccc1.[Cl-]. The predicted molar refractivity (Wildman–Crippen MR) is 156 cm³/mol. The lowest BCUT2D eigenvalue weighted by Gasteiger charge is -2.36. The topological polar surface area (TPSA) is 22.0 Å². The van der Waals surface area contributed by atoms with Gasteiger partial charge in [0, 0.05) is 35.7 Å². The Bertz CT molecular complexity index is 1540. The number of Topliss-reactive ketones (excluding diaryl/α,β-unsaturated/α-hetero) is 1. The Morgan fingerprint density at radius 1 is 0.902 bits per heavy atom. The lowest BCUT2D eigenvalue weighted by atomic mass is 9.95. The summed E-state index contributed by atoms with van der Waals surface area (Å²) in [6, 6.07) is 17.7. The number of quaternary nitrogens is 1. The number of carbonyl (C=O) groups excluding carboxylic acids is 1. The lowest BCUT2D eigenvalue weighted by molar-refractivity contribution is -0.0000178. The highest BCUT2D eigenvalue weighted by atomic mass is 35.5. The third kappa shape index (κ3) is 6.09. The average Bonchev–Trinajstić information content (AvgIpc) is 3.57. The number of benzene rings is 3. The van der Waals surface area contributed by atoms with Crippen molar-refractivity contribution in [3.05, 3.63) is 100 Å². The van der Waals surface area contributed by atoms with E-state index in [1.807, 2.05) is 24.3 Å². The molecule has 3 aromatic carbocycles. The average molecular weight is 583 g/mol. The normalized spacial score (nSPS) is 14.1. The first-order chi connectivity index (χ1) is 19.1. The van der Waals surface area contributed by atoms with Crippen LogP contribution in [0.25, 0.3) is 10.9 Å². The van der Waals surface area contributed by atoms with Gasteiger partial charge in [-0.25, -0.2) is 13.2 Å². The van der Waals surface area contributed by atoms with Gasteiger partial charge in [0.15, 0.2) is 28.9 Å². The second kappa shape index (κ2) is 12.4. The summed E-state index contributed by atoms with van der Waals surface area (Å²) in [6.07, 6.45) is 4.84. The first kappa shape index (κ1) is 30.9. The van der Waals surface area contributed by atoms with Gasteiger partial charge < -0.3 is 17.0 Å². The van der Waals surface area contributed by atoms with Gasteiger partial charge in [-0.05, 0) is 67.3 Å². The van der Waals surface area contributed by atoms with Crippen LogP contribution >= 0.6 is 0 Å². The molecule has 1 saturated carbocycles. The van der Waals surface area contributed by atoms with E-state index in [-0.39, 0.29) is 42.8 Å². The second-order valence-corrected chi connectivity index (χ2v) is 12.0. The number of aryl methyl sites for hydroxylation is 1. The van der Waals surface area contributed by atoms with Crippen LogP contribution in [0.5, 0.6) is 0 Å². The maximum atomic E-state index is 16.0. The molecule has 0 bridgehead atoms. The highest BCUT2D eigenvalue weighted by Gasteiger charge is 2.37. The van der Waals surface area contributed by atoms with E-state index in [1.165, 1.54) is 6.07 Å². The molecular weight excluding hydrogens is 545 g/mol. The van der Waals surface area contributed by atoms with E-state index in [2.05, 4.69) is 44.6 Å². The summed E-state index contributed by atoms with van der Waals surface area (Å²) in [5.41, 5.74) is 4.54. The molecule has 1 fully saturated rings. The third-order valence-corrected chi connectivity index (χ3v) is 8.66. The van der Waals surface area contributed by atoms with E-state index in [4.69, 9.17) is 0 Å². The molecule has 0 spiro atoms. The van der Waals surface area contributed by atoms with Crippen LogP contribution in [0.4, 0.5) is 18.9 Å². The Balaban J connectivity index is 0.00000387. The van der Waals surface area contributed by atoms with Crippen molar-refractivity contribution < 1.29 is 30.4 Å². The van der Waals surface area contributed by atoms with Crippen molar-refractivity contribution in [3.63, 3.8) is 0 Å². The van der Waals surface area contributed by atoms with Gasteiger partial charge in [-0.1, -0.05) is 50.2 Å². The lowest BCUT2D eigenvalue weighted by Crippen LogP contribution is -3.00. The number of aromatic nitrogens is 1. The minimum absolute atomic E-state index is 0. The van der Waals surface area contributed by atoms with Crippen LogP contribution in [-0.4, -0.2) is 30.5 Å². The van der Waals surface area contributed by atoms with E-state index < -0.39 is 11.6 Å². The van der Waals surface area contributed by atoms with Crippen LogP contribution in [-0.2, 0) is 13.0 Å². The highest BCUT2D eigenvalue weighted by Crippen LogP contribution is 2.40. The number of carbonyl (C=O) groups is 1. The molecule has 0 amide bonds. The summed E-state index contributed by atoms with van der Waals surface area (Å²) < 4.78 is 45.9. The molecule has 1 aromatic heterocycles. The summed E-state index contributed by atoms with van der Waals surface area (Å²) in [4.78, 5) is 13.9. The number of rotatable bonds is 9. The van der Waals surface area contributed by atoms with Crippen LogP contribution in [0, 0.1) is 17.5 Å². The van der Waals surface area contributed by atoms with Crippen molar-refractivity contribution in [1.82, 2.24) is 9.05 Å². The minimum atomic E-state index is -0.926. The maximum Gasteiger partial charge on any atom is 0.184 e. The van der Waals surface area contributed by atoms with Gasteiger partial charge in [-0.3, -0.25) is 9.28 Å². The quantitative estimate of drug-likeness (QED) is 0.187. The van der Waals surface area contributed by atoms with Crippen LogP contribution < -0.4 is 16.9 Å². The molecule has 1 aliphatic carbocycles. The fourth-order valence-electron chi connectivity index (χ4n) is 6.47. The summed E-state index contributed by atoms with van der Waals surface area (Å²) >= 11 is 0. The maximum absolute atomic E-state index is 16.0. The number of fused-ring (bicyclic) bond motifs is 1. The molecule has 3 nitrogen and oxygen atoms in total. The summed E-state index contributed by atoms with van der Waals surface area (Å²) in [5, 5.41) is 0.614. The van der Waals surface area contributed by atoms with E-state index in [1.54, 1.807) is 6.07 Å². The van der Waals surface area contributed by atoms with Crippen LogP contribution in [0.1, 0.15) is 79.0 Å². The Morgan fingerprint density at radius 3 is 2.22 bits per heavy atom. The van der Waals surface area contributed by atoms with Crippen molar-refractivity contribution in [1.29, 1.82) is 0 Å². The molecule has 41 heavy (non-hydrogen) atoms. The van der Waals surface area contributed by atoms with Gasteiger partial charge in [0.25, 0.3) is 0 Å². The highest BCUT2D eigenvalue weighted by molar-refractivity contribution is 6.10. The van der Waals surface area contributed by atoms with Gasteiger partial charge in [0.05, 0.1) is 25.7 Å². The molecular formula is C34H38ClF3N2O. The Hall–Kier alpha value is -3.09. The van der Waals surface area contributed by atoms with Crippen molar-refractivity contribution >= 4 is 22.4 Å². The Kier molecular flexibility index (Phi) is 9.35. The van der Waals surface area contributed by atoms with E-state index in [0.717, 1.165) is 54.6 Å². The van der Waals surface area contributed by atoms with Gasteiger partial charge in [0.1, 0.15) is 0 Å². The molecule has 0 N–H and O–H groups in total. The molecule has 4 aromatic rings. The Labute approximate surface area is 247 Å². The number of halogens is 4. The fourth-order valence-corrected chi connectivity index (χ4v) is 6.47. The molecule has 1 heterocycles. The molecule has 218 valence electrons. The van der Waals surface area contributed by atoms with Crippen LogP contribution in [0.15, 0.2) is 60.7 Å². The number of nitrogens with zero attached hydrogens (tertiary/aromatic N) is 2. The van der Waals surface area contributed by atoms with E-state index >= 15 is 4.39 Å². The molecule has 1 aliphatic rings. The molecule has 7 heteroatoms. The number of hydrogen-bond donors (Lipinski definition) is 0. The molecule has 0 atom stereocenters. The van der Waals surface area contributed by atoms with Crippen molar-refractivity contribution in [2.24, 2.45) is 0 Å². The van der Waals surface area contributed by atoms with Crippen LogP contribution in [0.2, 0.25) is 0 Å². The molecule has 5 rings (SSSR count). The summed E-state index contributed by atoms with van der Waals surface area (Å²) in [6.45, 7) is 4.67. The first-order valence-corrected chi connectivity index (χ1v) is 14.3. The van der Waals surface area contributed by atoms with Crippen molar-refractivity contribution in [2.45, 2.75) is 70.9 Å². The monoisotopic (exact) mass is 582 g/mol. The second-order valence-electron chi connectivity index (χ2n) is 12.0. The predicted octanol–water partition coefficient (Wildman–Crippen LogP) is 5.56. The molecule has 0 radical (unpaired) electrons. The molecule has 0 unspecified atom stereocenters. The number of hydrogen-bond acceptors (Lipinski definition) is 1. The van der Waals surface area contributed by atoms with Crippen molar-refractivity contribution in [2.75, 3.05) is 14.1 Å². The van der Waals surface area contributed by atoms with Gasteiger partial charge in [-0.15, -0.1) is 0 Å². The zero-order valence-corrected chi connectivity index (χ0v) is 24.9. The standard InChI is InChI=1S/C34H38F3N2O.ClH/c1-22(2)34-33(32(40)17-15-23-14-16-27(35)28(36)18-23)26-19-29(37)31(39(3,4)25-12-8-9-13-25)20-30(26)38(34)21-24-10-6-5-7-11-24;/h5-7,10-11,14,16,18-20,22,25H,8-9,12-13,15,17,21H2,1-4H3;1H/q+1;/p-1. The first-order valence-electron chi connectivity index (χ1n) is 14.3. The molecule has 0 saturated heterocycles. The zero-order valence-electron chi connectivity index (χ0n) is 24.2. The van der Waals surface area contributed by atoms with E-state index in [9.17, 15) is 13.6 Å². The smallest absolute Gasteiger partial charge is 0.184 e. The van der Waals surface area contributed by atoms with Gasteiger partial charge in [0.2, 0.25) is 0 Å². The van der Waals surface area contributed by atoms with Gasteiger partial charge in [-0.2, -0.15) is 0 Å².